The van der Waals surface area contributed by atoms with Gasteiger partial charge in [0, 0.05) is 11.3 Å². The average molecular weight is 336 g/mol. The molecule has 9 heteroatoms. The van der Waals surface area contributed by atoms with Crippen LogP contribution in [-0.2, 0) is 11.3 Å². The molecule has 2 atom stereocenters. The highest BCUT2D eigenvalue weighted by Crippen LogP contribution is 2.39. The summed E-state index contributed by atoms with van der Waals surface area (Å²) < 4.78 is 38.1. The first kappa shape index (κ1) is 16.7. The summed E-state index contributed by atoms with van der Waals surface area (Å²) in [5.74, 6) is -3.66. The van der Waals surface area contributed by atoms with E-state index in [4.69, 9.17) is 5.11 Å². The molecule has 2 N–H and O–H groups in total. The summed E-state index contributed by atoms with van der Waals surface area (Å²) in [5, 5.41) is 13.0. The van der Waals surface area contributed by atoms with E-state index >= 15 is 0 Å². The van der Waals surface area contributed by atoms with Crippen LogP contribution in [0.25, 0.3) is 0 Å². The molecule has 1 fully saturated rings. The zero-order chi connectivity index (χ0) is 16.3. The van der Waals surface area contributed by atoms with Crippen molar-refractivity contribution in [2.24, 2.45) is 11.8 Å². The highest BCUT2D eigenvalue weighted by atomic mass is 32.1. The van der Waals surface area contributed by atoms with Gasteiger partial charge >= 0.3 is 12.1 Å². The molecule has 122 valence electrons. The van der Waals surface area contributed by atoms with E-state index in [-0.39, 0.29) is 25.1 Å². The van der Waals surface area contributed by atoms with Crippen LogP contribution in [0.15, 0.2) is 5.38 Å². The smallest absolute Gasteiger partial charge is 0.391 e. The maximum absolute atomic E-state index is 12.7. The molecule has 1 aromatic heterocycles. The Morgan fingerprint density at radius 1 is 1.41 bits per heavy atom. The molecule has 1 aliphatic rings. The Hall–Kier alpha value is -1.64. The van der Waals surface area contributed by atoms with E-state index in [2.05, 4.69) is 10.3 Å². The van der Waals surface area contributed by atoms with Crippen LogP contribution in [-0.4, -0.2) is 28.1 Å². The molecule has 2 unspecified atom stereocenters. The lowest BCUT2D eigenvalue weighted by Gasteiger charge is -2.29. The second-order valence-electron chi connectivity index (χ2n) is 5.25. The van der Waals surface area contributed by atoms with E-state index in [0.717, 1.165) is 11.3 Å². The fourth-order valence-corrected chi connectivity index (χ4v) is 3.23. The van der Waals surface area contributed by atoms with Gasteiger partial charge in [0.15, 0.2) is 5.69 Å². The highest BCUT2D eigenvalue weighted by molar-refractivity contribution is 7.09. The van der Waals surface area contributed by atoms with Gasteiger partial charge in [0.05, 0.1) is 12.5 Å². The van der Waals surface area contributed by atoms with Crippen molar-refractivity contribution in [3.8, 4) is 0 Å². The number of amides is 1. The van der Waals surface area contributed by atoms with Crippen molar-refractivity contribution in [1.29, 1.82) is 0 Å². The maximum atomic E-state index is 12.7. The second-order valence-corrected chi connectivity index (χ2v) is 6.19. The van der Waals surface area contributed by atoms with Gasteiger partial charge in [-0.15, -0.1) is 11.3 Å². The van der Waals surface area contributed by atoms with Crippen LogP contribution in [0, 0.1) is 11.8 Å². The lowest BCUT2D eigenvalue weighted by molar-refractivity contribution is -0.186. The minimum atomic E-state index is -4.26. The van der Waals surface area contributed by atoms with Crippen LogP contribution in [0.2, 0.25) is 0 Å². The predicted molar refractivity (Wildman–Crippen MR) is 72.4 cm³/mol. The largest absolute Gasteiger partial charge is 0.476 e. The molecule has 0 spiro atoms. The maximum Gasteiger partial charge on any atom is 0.391 e. The Morgan fingerprint density at radius 3 is 2.73 bits per heavy atom. The SMILES string of the molecule is O=C(O)c1csc(CNC(=O)C2CCCC(C(F)(F)F)C2)n1. The van der Waals surface area contributed by atoms with Gasteiger partial charge in [0.25, 0.3) is 0 Å². The number of hydrogen-bond acceptors (Lipinski definition) is 4. The van der Waals surface area contributed by atoms with Crippen molar-refractivity contribution >= 4 is 23.2 Å². The third-order valence-electron chi connectivity index (χ3n) is 3.69. The fraction of sp³-hybridized carbons (Fsp3) is 0.615. The standard InChI is InChI=1S/C13H15F3N2O3S/c14-13(15,16)8-3-1-2-7(4-8)11(19)17-5-10-18-9(6-22-10)12(20)21/h6-8H,1-5H2,(H,17,19)(H,20,21). The summed E-state index contributed by atoms with van der Waals surface area (Å²) in [7, 11) is 0. The third-order valence-corrected chi connectivity index (χ3v) is 4.54. The zero-order valence-corrected chi connectivity index (χ0v) is 12.3. The molecule has 1 saturated carbocycles. The molecule has 1 aromatic rings. The first-order valence-electron chi connectivity index (χ1n) is 6.79. The Labute approximate surface area is 128 Å². The Bertz CT molecular complexity index is 559. The van der Waals surface area contributed by atoms with Gasteiger partial charge in [-0.05, 0) is 19.3 Å². The van der Waals surface area contributed by atoms with Gasteiger partial charge in [-0.2, -0.15) is 13.2 Å². The summed E-state index contributed by atoms with van der Waals surface area (Å²) in [6, 6.07) is 0. The molecule has 22 heavy (non-hydrogen) atoms. The lowest BCUT2D eigenvalue weighted by Crippen LogP contribution is -2.37. The zero-order valence-electron chi connectivity index (χ0n) is 11.5. The van der Waals surface area contributed by atoms with E-state index in [9.17, 15) is 22.8 Å². The molecule has 0 aromatic carbocycles. The number of carboxylic acids is 1. The van der Waals surface area contributed by atoms with Gasteiger partial charge in [0.2, 0.25) is 5.91 Å². The molecule has 1 aliphatic carbocycles. The van der Waals surface area contributed by atoms with E-state index in [1.54, 1.807) is 0 Å². The van der Waals surface area contributed by atoms with Gasteiger partial charge in [0.1, 0.15) is 5.01 Å². The number of rotatable bonds is 4. The van der Waals surface area contributed by atoms with Gasteiger partial charge in [-0.3, -0.25) is 4.79 Å². The van der Waals surface area contributed by atoms with Crippen molar-refractivity contribution in [2.45, 2.75) is 38.4 Å². The number of alkyl halides is 3. The van der Waals surface area contributed by atoms with Gasteiger partial charge < -0.3 is 10.4 Å². The number of nitrogens with zero attached hydrogens (tertiary/aromatic N) is 1. The van der Waals surface area contributed by atoms with Crippen LogP contribution in [0.1, 0.15) is 41.2 Å². The van der Waals surface area contributed by atoms with Crippen LogP contribution < -0.4 is 5.32 Å². The molecular weight excluding hydrogens is 321 g/mol. The van der Waals surface area contributed by atoms with Crippen LogP contribution >= 0.6 is 11.3 Å². The van der Waals surface area contributed by atoms with Crippen LogP contribution in [0.3, 0.4) is 0 Å². The molecule has 2 rings (SSSR count). The third kappa shape index (κ3) is 4.19. The second kappa shape index (κ2) is 6.64. The van der Waals surface area contributed by atoms with E-state index in [1.165, 1.54) is 5.38 Å². The van der Waals surface area contributed by atoms with Crippen LogP contribution in [0.4, 0.5) is 13.2 Å². The van der Waals surface area contributed by atoms with Crippen molar-refractivity contribution in [2.75, 3.05) is 0 Å². The fourth-order valence-electron chi connectivity index (χ4n) is 2.52. The minimum absolute atomic E-state index is 0.0317. The Kier molecular flexibility index (Phi) is 5.05. The summed E-state index contributed by atoms with van der Waals surface area (Å²) >= 11 is 1.08. The Balaban J connectivity index is 1.87. The molecule has 1 amide bonds. The normalized spacial score (nSPS) is 22.3. The summed E-state index contributed by atoms with van der Waals surface area (Å²) in [4.78, 5) is 26.5. The average Bonchev–Trinajstić information content (AvgIpc) is 2.93. The molecule has 5 nitrogen and oxygen atoms in total. The molecule has 1 heterocycles. The van der Waals surface area contributed by atoms with E-state index in [0.29, 0.717) is 17.8 Å². The monoisotopic (exact) mass is 336 g/mol. The summed E-state index contributed by atoms with van der Waals surface area (Å²) in [6.07, 6.45) is -3.56. The quantitative estimate of drug-likeness (QED) is 0.886. The van der Waals surface area contributed by atoms with Gasteiger partial charge in [-0.25, -0.2) is 9.78 Å². The first-order valence-corrected chi connectivity index (χ1v) is 7.67. The number of aromatic carboxylic acids is 1. The number of hydrogen-bond donors (Lipinski definition) is 2. The lowest BCUT2D eigenvalue weighted by atomic mass is 9.80. The number of carbonyl (C=O) groups excluding carboxylic acids is 1. The topological polar surface area (TPSA) is 79.3 Å². The number of halogens is 3. The molecule has 0 radical (unpaired) electrons. The highest BCUT2D eigenvalue weighted by Gasteiger charge is 2.43. The molecule has 0 aliphatic heterocycles. The molecular formula is C13H15F3N2O3S. The Morgan fingerprint density at radius 2 is 2.14 bits per heavy atom. The summed E-state index contributed by atoms with van der Waals surface area (Å²) in [5.41, 5.74) is -0.107. The van der Waals surface area contributed by atoms with Crippen molar-refractivity contribution in [3.05, 3.63) is 16.1 Å². The number of thiazole rings is 1. The predicted octanol–water partition coefficient (Wildman–Crippen LogP) is 2.83. The number of aromatic nitrogens is 1. The first-order chi connectivity index (χ1) is 10.3. The molecule has 0 saturated heterocycles. The van der Waals surface area contributed by atoms with Crippen molar-refractivity contribution in [3.63, 3.8) is 0 Å². The van der Waals surface area contributed by atoms with E-state index < -0.39 is 29.9 Å². The number of nitrogens with one attached hydrogen (secondary N) is 1. The van der Waals surface area contributed by atoms with Crippen LogP contribution in [0.5, 0.6) is 0 Å². The van der Waals surface area contributed by atoms with Crippen molar-refractivity contribution < 1.29 is 27.9 Å². The van der Waals surface area contributed by atoms with Crippen molar-refractivity contribution in [1.82, 2.24) is 10.3 Å². The number of carboxylic acid groups (broad SMARTS) is 1. The summed E-state index contributed by atoms with van der Waals surface area (Å²) in [6.45, 7) is 0.0317. The minimum Gasteiger partial charge on any atom is -0.476 e. The molecule has 0 bridgehead atoms. The van der Waals surface area contributed by atoms with E-state index in [1.807, 2.05) is 0 Å². The number of carbonyl (C=O) groups is 2. The van der Waals surface area contributed by atoms with Gasteiger partial charge in [-0.1, -0.05) is 6.42 Å².